The highest BCUT2D eigenvalue weighted by molar-refractivity contribution is 6.31. The van der Waals surface area contributed by atoms with E-state index in [0.29, 0.717) is 16.3 Å². The van der Waals surface area contributed by atoms with Crippen LogP contribution in [0.5, 0.6) is 0 Å². The Balaban J connectivity index is 2.00. The Kier molecular flexibility index (Phi) is 4.05. The lowest BCUT2D eigenvalue weighted by molar-refractivity contribution is 0.102. The number of nitrogens with one attached hydrogen (secondary N) is 1. The summed E-state index contributed by atoms with van der Waals surface area (Å²) in [6.07, 6.45) is 0. The summed E-state index contributed by atoms with van der Waals surface area (Å²) in [6, 6.07) is 13.3. The molecule has 0 aliphatic carbocycles. The molecule has 1 aromatic heterocycles. The first-order valence-electron chi connectivity index (χ1n) is 7.39. The van der Waals surface area contributed by atoms with Crippen LogP contribution >= 0.6 is 11.6 Å². The molecule has 0 unspecified atom stereocenters. The second-order valence-electron chi connectivity index (χ2n) is 5.73. The zero-order chi connectivity index (χ0) is 16.6. The number of carbonyl (C=O) groups is 1. The minimum Gasteiger partial charge on any atom is -0.322 e. The third kappa shape index (κ3) is 3.20. The van der Waals surface area contributed by atoms with Crippen molar-refractivity contribution in [2.24, 2.45) is 0 Å². The third-order valence-corrected chi connectivity index (χ3v) is 4.09. The molecule has 0 bridgehead atoms. The van der Waals surface area contributed by atoms with Crippen LogP contribution in [-0.2, 0) is 0 Å². The predicted octanol–water partition coefficient (Wildman–Crippen LogP) is 5.07. The number of pyridine rings is 1. The molecule has 0 aliphatic rings. The van der Waals surface area contributed by atoms with Gasteiger partial charge in [0.2, 0.25) is 0 Å². The zero-order valence-corrected chi connectivity index (χ0v) is 14.0. The van der Waals surface area contributed by atoms with Gasteiger partial charge in [-0.15, -0.1) is 0 Å². The molecule has 1 heterocycles. The van der Waals surface area contributed by atoms with Gasteiger partial charge >= 0.3 is 0 Å². The highest BCUT2D eigenvalue weighted by Gasteiger charge is 2.13. The maximum Gasteiger partial charge on any atom is 0.257 e. The Morgan fingerprint density at radius 3 is 2.61 bits per heavy atom. The van der Waals surface area contributed by atoms with E-state index in [1.807, 2.05) is 57.2 Å². The van der Waals surface area contributed by atoms with Gasteiger partial charge < -0.3 is 5.32 Å². The number of aromatic nitrogens is 1. The number of halogens is 1. The number of benzene rings is 2. The summed E-state index contributed by atoms with van der Waals surface area (Å²) in [5, 5.41) is 4.46. The van der Waals surface area contributed by atoms with Crippen molar-refractivity contribution in [2.45, 2.75) is 20.8 Å². The quantitative estimate of drug-likeness (QED) is 0.715. The van der Waals surface area contributed by atoms with Crippen molar-refractivity contribution in [1.82, 2.24) is 4.98 Å². The smallest absolute Gasteiger partial charge is 0.257 e. The predicted molar refractivity (Wildman–Crippen MR) is 95.4 cm³/mol. The summed E-state index contributed by atoms with van der Waals surface area (Å²) < 4.78 is 0. The molecule has 3 rings (SSSR count). The number of fused-ring (bicyclic) bond motifs is 1. The normalized spacial score (nSPS) is 10.8. The molecule has 2 aromatic carbocycles. The van der Waals surface area contributed by atoms with Gasteiger partial charge in [-0.05, 0) is 62.2 Å². The van der Waals surface area contributed by atoms with Crippen LogP contribution in [0.1, 0.15) is 27.2 Å². The number of amides is 1. The molecular weight excluding hydrogens is 308 g/mol. The van der Waals surface area contributed by atoms with Crippen molar-refractivity contribution >= 4 is 34.1 Å². The Hall–Kier alpha value is -2.39. The highest BCUT2D eigenvalue weighted by atomic mass is 35.5. The number of anilines is 1. The van der Waals surface area contributed by atoms with E-state index in [1.54, 1.807) is 6.07 Å². The van der Waals surface area contributed by atoms with Crippen LogP contribution in [0, 0.1) is 20.8 Å². The Morgan fingerprint density at radius 1 is 1.04 bits per heavy atom. The van der Waals surface area contributed by atoms with Crippen LogP contribution in [0.25, 0.3) is 10.9 Å². The fraction of sp³-hybridized carbons (Fsp3) is 0.158. The summed E-state index contributed by atoms with van der Waals surface area (Å²) in [6.45, 7) is 5.81. The number of carbonyl (C=O) groups excluding carboxylic acids is 1. The van der Waals surface area contributed by atoms with Crippen LogP contribution in [0.2, 0.25) is 5.02 Å². The zero-order valence-electron chi connectivity index (χ0n) is 13.3. The number of aryl methyl sites for hydroxylation is 3. The van der Waals surface area contributed by atoms with Gasteiger partial charge in [0.15, 0.2) is 0 Å². The van der Waals surface area contributed by atoms with Gasteiger partial charge in [-0.3, -0.25) is 9.78 Å². The lowest BCUT2D eigenvalue weighted by atomic mass is 10.1. The Labute approximate surface area is 140 Å². The minimum atomic E-state index is -0.162. The first-order chi connectivity index (χ1) is 10.9. The number of rotatable bonds is 2. The van der Waals surface area contributed by atoms with E-state index in [-0.39, 0.29) is 5.91 Å². The summed E-state index contributed by atoms with van der Waals surface area (Å²) in [7, 11) is 0. The van der Waals surface area contributed by atoms with Gasteiger partial charge in [0, 0.05) is 16.1 Å². The molecule has 0 spiro atoms. The average Bonchev–Trinajstić information content (AvgIpc) is 2.50. The molecule has 4 heteroatoms. The lowest BCUT2D eigenvalue weighted by Gasteiger charge is -2.11. The summed E-state index contributed by atoms with van der Waals surface area (Å²) >= 11 is 6.03. The molecule has 0 radical (unpaired) electrons. The molecule has 1 N–H and O–H groups in total. The summed E-state index contributed by atoms with van der Waals surface area (Å²) in [4.78, 5) is 17.1. The Morgan fingerprint density at radius 2 is 1.83 bits per heavy atom. The SMILES string of the molecule is Cc1ccc(C)c(NC(=O)c2cc3cc(Cl)ccc3nc2C)c1. The highest BCUT2D eigenvalue weighted by Crippen LogP contribution is 2.22. The van der Waals surface area contributed by atoms with Gasteiger partial charge in [-0.1, -0.05) is 23.7 Å². The third-order valence-electron chi connectivity index (χ3n) is 3.85. The number of nitrogens with zero attached hydrogens (tertiary/aromatic N) is 1. The van der Waals surface area contributed by atoms with Crippen molar-refractivity contribution in [1.29, 1.82) is 0 Å². The van der Waals surface area contributed by atoms with E-state index in [1.165, 1.54) is 0 Å². The molecule has 0 fully saturated rings. The van der Waals surface area contributed by atoms with E-state index in [9.17, 15) is 4.79 Å². The summed E-state index contributed by atoms with van der Waals surface area (Å²) in [5.41, 5.74) is 5.03. The first kappa shape index (κ1) is 15.5. The van der Waals surface area contributed by atoms with Crippen LogP contribution in [0.15, 0.2) is 42.5 Å². The lowest BCUT2D eigenvalue weighted by Crippen LogP contribution is -2.15. The van der Waals surface area contributed by atoms with E-state index in [4.69, 9.17) is 11.6 Å². The molecule has 116 valence electrons. The van der Waals surface area contributed by atoms with Crippen LogP contribution in [0.4, 0.5) is 5.69 Å². The average molecular weight is 325 g/mol. The largest absolute Gasteiger partial charge is 0.322 e. The van der Waals surface area contributed by atoms with Gasteiger partial charge in [0.25, 0.3) is 5.91 Å². The van der Waals surface area contributed by atoms with Gasteiger partial charge in [0.05, 0.1) is 16.8 Å². The van der Waals surface area contributed by atoms with Crippen molar-refractivity contribution in [3.8, 4) is 0 Å². The van der Waals surface area contributed by atoms with Crippen molar-refractivity contribution in [3.63, 3.8) is 0 Å². The van der Waals surface area contributed by atoms with Crippen LogP contribution < -0.4 is 5.32 Å². The Bertz CT molecular complexity index is 919. The maximum atomic E-state index is 12.6. The number of hydrogen-bond donors (Lipinski definition) is 1. The van der Waals surface area contributed by atoms with Gasteiger partial charge in [-0.2, -0.15) is 0 Å². The van der Waals surface area contributed by atoms with E-state index < -0.39 is 0 Å². The van der Waals surface area contributed by atoms with Crippen molar-refractivity contribution in [2.75, 3.05) is 5.32 Å². The fourth-order valence-electron chi connectivity index (χ4n) is 2.53. The molecule has 0 aliphatic heterocycles. The second kappa shape index (κ2) is 6.01. The fourth-order valence-corrected chi connectivity index (χ4v) is 2.71. The first-order valence-corrected chi connectivity index (χ1v) is 7.77. The topological polar surface area (TPSA) is 42.0 Å². The standard InChI is InChI=1S/C19H17ClN2O/c1-11-4-5-12(2)18(8-11)22-19(23)16-10-14-9-15(20)6-7-17(14)21-13(16)3/h4-10H,1-3H3,(H,22,23). The maximum absolute atomic E-state index is 12.6. The second-order valence-corrected chi connectivity index (χ2v) is 6.17. The van der Waals surface area contributed by atoms with Crippen molar-refractivity contribution in [3.05, 3.63) is 69.9 Å². The minimum absolute atomic E-state index is 0.162. The van der Waals surface area contributed by atoms with E-state index in [0.717, 1.165) is 27.7 Å². The molecule has 0 saturated heterocycles. The van der Waals surface area contributed by atoms with E-state index >= 15 is 0 Å². The summed E-state index contributed by atoms with van der Waals surface area (Å²) in [5.74, 6) is -0.162. The van der Waals surface area contributed by atoms with Gasteiger partial charge in [0.1, 0.15) is 0 Å². The molecule has 23 heavy (non-hydrogen) atoms. The van der Waals surface area contributed by atoms with Gasteiger partial charge in [-0.25, -0.2) is 0 Å². The molecule has 0 saturated carbocycles. The molecular formula is C19H17ClN2O. The van der Waals surface area contributed by atoms with Crippen LogP contribution in [0.3, 0.4) is 0 Å². The molecule has 0 atom stereocenters. The molecule has 3 nitrogen and oxygen atoms in total. The molecule has 1 amide bonds. The number of hydrogen-bond acceptors (Lipinski definition) is 2. The van der Waals surface area contributed by atoms with Crippen molar-refractivity contribution < 1.29 is 4.79 Å². The monoisotopic (exact) mass is 324 g/mol. The molecule has 3 aromatic rings. The van der Waals surface area contributed by atoms with E-state index in [2.05, 4.69) is 10.3 Å². The van der Waals surface area contributed by atoms with Crippen LogP contribution in [-0.4, -0.2) is 10.9 Å².